The Kier molecular flexibility index (Phi) is 9.95. The molecule has 0 aliphatic heterocycles. The van der Waals surface area contributed by atoms with Crippen molar-refractivity contribution >= 4 is 17.0 Å². The van der Waals surface area contributed by atoms with E-state index in [0.717, 1.165) is 12.1 Å². The second kappa shape index (κ2) is 14.2. The van der Waals surface area contributed by atoms with Crippen molar-refractivity contribution in [3.05, 3.63) is 112 Å². The zero-order valence-corrected chi connectivity index (χ0v) is 24.7. The summed E-state index contributed by atoms with van der Waals surface area (Å²) in [6.07, 6.45) is -1.05. The number of nitrogens with zero attached hydrogens (tertiary/aromatic N) is 4. The maximum atomic E-state index is 15.5. The number of ether oxygens (including phenoxy) is 2. The smallest absolute Gasteiger partial charge is 0.338 e. The van der Waals surface area contributed by atoms with E-state index in [1.807, 2.05) is 6.07 Å². The zero-order chi connectivity index (χ0) is 32.8. The molecule has 5 rings (SSSR count). The Morgan fingerprint density at radius 1 is 1.00 bits per heavy atom. The lowest BCUT2D eigenvalue weighted by Gasteiger charge is -2.15. The summed E-state index contributed by atoms with van der Waals surface area (Å²) in [5.74, 6) is -2.24. The fourth-order valence-electron chi connectivity index (χ4n) is 4.91. The first-order valence-electron chi connectivity index (χ1n) is 14.4. The number of esters is 1. The summed E-state index contributed by atoms with van der Waals surface area (Å²) in [7, 11) is 0. The molecule has 0 radical (unpaired) electrons. The topological polar surface area (TPSA) is 130 Å². The van der Waals surface area contributed by atoms with Crippen LogP contribution >= 0.6 is 0 Å². The molecule has 46 heavy (non-hydrogen) atoms. The Balaban J connectivity index is 1.41. The van der Waals surface area contributed by atoms with Gasteiger partial charge in [-0.2, -0.15) is 5.26 Å². The van der Waals surface area contributed by atoms with Gasteiger partial charge in [0.2, 0.25) is 5.88 Å². The number of pyridine rings is 1. The average Bonchev–Trinajstić information content (AvgIpc) is 3.38. The van der Waals surface area contributed by atoms with E-state index >= 15 is 8.78 Å². The average molecular weight is 631 g/mol. The molecule has 12 heteroatoms. The molecule has 0 aliphatic rings. The van der Waals surface area contributed by atoms with Gasteiger partial charge in [0.1, 0.15) is 29.6 Å². The van der Waals surface area contributed by atoms with E-state index in [1.165, 1.54) is 28.8 Å². The summed E-state index contributed by atoms with van der Waals surface area (Å²) in [6, 6.07) is 17.8. The number of carbonyl (C=O) groups is 1. The van der Waals surface area contributed by atoms with Crippen molar-refractivity contribution < 1.29 is 37.7 Å². The van der Waals surface area contributed by atoms with Crippen LogP contribution in [0.2, 0.25) is 0 Å². The van der Waals surface area contributed by atoms with Crippen LogP contribution in [0.3, 0.4) is 0 Å². The highest BCUT2D eigenvalue weighted by Gasteiger charge is 2.21. The minimum Gasteiger partial charge on any atom is -0.473 e. The molecule has 2 aromatic heterocycles. The molecule has 9 nitrogen and oxygen atoms in total. The van der Waals surface area contributed by atoms with E-state index in [0.29, 0.717) is 11.3 Å². The van der Waals surface area contributed by atoms with Crippen molar-refractivity contribution in [2.45, 2.75) is 39.0 Å². The molecule has 2 N–H and O–H groups in total. The fourth-order valence-corrected chi connectivity index (χ4v) is 4.91. The molecule has 1 atom stereocenters. The number of nitriles is 1. The van der Waals surface area contributed by atoms with Gasteiger partial charge in [-0.25, -0.2) is 27.9 Å². The minimum absolute atomic E-state index is 0.0347. The largest absolute Gasteiger partial charge is 0.473 e. The Bertz CT molecular complexity index is 1940. The van der Waals surface area contributed by atoms with Crippen LogP contribution < -0.4 is 4.74 Å². The van der Waals surface area contributed by atoms with Gasteiger partial charge in [-0.15, -0.1) is 0 Å². The number of benzene rings is 3. The van der Waals surface area contributed by atoms with Gasteiger partial charge in [0, 0.05) is 30.2 Å². The van der Waals surface area contributed by atoms with Gasteiger partial charge in [0.25, 0.3) is 0 Å². The molecular weight excluding hydrogens is 601 g/mol. The maximum Gasteiger partial charge on any atom is 0.338 e. The summed E-state index contributed by atoms with van der Waals surface area (Å²) in [5, 5.41) is 28.7. The third kappa shape index (κ3) is 7.17. The van der Waals surface area contributed by atoms with E-state index in [2.05, 4.69) is 9.97 Å². The van der Waals surface area contributed by atoms with Crippen LogP contribution in [0.1, 0.15) is 46.2 Å². The van der Waals surface area contributed by atoms with Gasteiger partial charge in [-0.05, 0) is 55.3 Å². The lowest BCUT2D eigenvalue weighted by molar-refractivity contribution is 0.0526. The summed E-state index contributed by atoms with van der Waals surface area (Å²) < 4.78 is 57.0. The first-order valence-corrected chi connectivity index (χ1v) is 14.4. The number of carbonyl (C=O) groups excluding carboxylic acids is 1. The van der Waals surface area contributed by atoms with Crippen molar-refractivity contribution in [1.29, 1.82) is 5.26 Å². The number of rotatable bonds is 12. The predicted octanol–water partition coefficient (Wildman–Crippen LogP) is 5.48. The number of halogens is 3. The normalized spacial score (nSPS) is 11.8. The predicted molar refractivity (Wildman–Crippen MR) is 161 cm³/mol. The number of hydrogen-bond acceptors (Lipinski definition) is 8. The van der Waals surface area contributed by atoms with Gasteiger partial charge >= 0.3 is 5.97 Å². The van der Waals surface area contributed by atoms with E-state index in [4.69, 9.17) is 14.7 Å². The first kappa shape index (κ1) is 32.2. The van der Waals surface area contributed by atoms with Crippen LogP contribution in [0.15, 0.2) is 66.7 Å². The van der Waals surface area contributed by atoms with Gasteiger partial charge < -0.3 is 24.3 Å². The van der Waals surface area contributed by atoms with Crippen molar-refractivity contribution in [3.8, 4) is 23.2 Å². The molecular formula is C34H29F3N4O5. The van der Waals surface area contributed by atoms with Crippen LogP contribution in [0, 0.1) is 28.8 Å². The molecule has 0 fully saturated rings. The first-order chi connectivity index (χ1) is 22.2. The Morgan fingerprint density at radius 2 is 1.78 bits per heavy atom. The van der Waals surface area contributed by atoms with Crippen LogP contribution in [-0.4, -0.2) is 50.0 Å². The van der Waals surface area contributed by atoms with Crippen molar-refractivity contribution in [2.24, 2.45) is 0 Å². The van der Waals surface area contributed by atoms with Crippen molar-refractivity contribution in [2.75, 3.05) is 13.2 Å². The van der Waals surface area contributed by atoms with Crippen LogP contribution in [0.5, 0.6) is 5.88 Å². The van der Waals surface area contributed by atoms with Crippen molar-refractivity contribution in [3.63, 3.8) is 0 Å². The molecule has 1 unspecified atom stereocenters. The zero-order valence-electron chi connectivity index (χ0n) is 24.7. The van der Waals surface area contributed by atoms with E-state index in [-0.39, 0.29) is 84.2 Å². The molecule has 0 bridgehead atoms. The molecule has 0 aliphatic carbocycles. The number of aliphatic hydroxyl groups excluding tert-OH is 2. The van der Waals surface area contributed by atoms with Crippen molar-refractivity contribution in [1.82, 2.24) is 14.5 Å². The second-order valence-corrected chi connectivity index (χ2v) is 10.4. The quantitative estimate of drug-likeness (QED) is 0.174. The molecule has 0 amide bonds. The number of fused-ring (bicyclic) bond motifs is 1. The lowest BCUT2D eigenvalue weighted by atomic mass is 10.1. The summed E-state index contributed by atoms with van der Waals surface area (Å²) in [4.78, 5) is 21.1. The van der Waals surface area contributed by atoms with E-state index in [1.54, 1.807) is 37.3 Å². The molecule has 0 spiro atoms. The fraction of sp³-hybridized carbons (Fsp3) is 0.235. The second-order valence-electron chi connectivity index (χ2n) is 10.4. The summed E-state index contributed by atoms with van der Waals surface area (Å²) in [5.41, 5.74) is 1.63. The number of aromatic nitrogens is 3. The standard InChI is InChI=1S/C34H29F3N4O5/c1-2-45-34(44)24-14-28(37)33-30(15-24)41(18-25(43)10-11-42)31(40-33)16-21-8-9-22(13-27(21)36)29-4-3-5-32(39-29)46-19-23-7-6-20(17-38)12-26(23)35/h3-9,12-15,25,42-43H,2,10-11,16,18-19H2,1H3. The molecule has 0 saturated carbocycles. The van der Waals surface area contributed by atoms with Crippen LogP contribution in [-0.2, 0) is 24.3 Å². The number of imidazole rings is 1. The Labute approximate surface area is 262 Å². The highest BCUT2D eigenvalue weighted by Crippen LogP contribution is 2.27. The highest BCUT2D eigenvalue weighted by molar-refractivity contribution is 5.94. The van der Waals surface area contributed by atoms with Crippen LogP contribution in [0.25, 0.3) is 22.3 Å². The number of hydrogen-bond donors (Lipinski definition) is 2. The van der Waals surface area contributed by atoms with E-state index in [9.17, 15) is 19.4 Å². The van der Waals surface area contributed by atoms with Gasteiger partial charge in [0.15, 0.2) is 5.82 Å². The Morgan fingerprint density at radius 3 is 2.50 bits per heavy atom. The molecule has 236 valence electrons. The molecule has 0 saturated heterocycles. The third-order valence-corrected chi connectivity index (χ3v) is 7.23. The Hall–Kier alpha value is -5.25. The van der Waals surface area contributed by atoms with Gasteiger partial charge in [0.05, 0.1) is 47.7 Å². The van der Waals surface area contributed by atoms with Gasteiger partial charge in [-0.3, -0.25) is 0 Å². The number of aliphatic hydroxyl groups is 2. The van der Waals surface area contributed by atoms with E-state index < -0.39 is 29.5 Å². The molecule has 3 aromatic carbocycles. The van der Waals surface area contributed by atoms with Crippen LogP contribution in [0.4, 0.5) is 13.2 Å². The highest BCUT2D eigenvalue weighted by atomic mass is 19.1. The molecule has 5 aromatic rings. The summed E-state index contributed by atoms with van der Waals surface area (Å²) >= 11 is 0. The minimum atomic E-state index is -1.02. The monoisotopic (exact) mass is 630 g/mol. The third-order valence-electron chi connectivity index (χ3n) is 7.23. The lowest BCUT2D eigenvalue weighted by Crippen LogP contribution is -2.19. The SMILES string of the molecule is CCOC(=O)c1cc(F)c2nc(Cc3ccc(-c4cccc(OCc5ccc(C#N)cc5F)n4)cc3F)n(CC(O)CCO)c2c1. The van der Waals surface area contributed by atoms with Gasteiger partial charge in [-0.1, -0.05) is 24.3 Å². The summed E-state index contributed by atoms with van der Waals surface area (Å²) in [6.45, 7) is 1.23. The maximum absolute atomic E-state index is 15.5. The molecule has 2 heterocycles.